The van der Waals surface area contributed by atoms with Crippen LogP contribution in [-0.4, -0.2) is 5.91 Å². The third kappa shape index (κ3) is 3.22. The van der Waals surface area contributed by atoms with Crippen LogP contribution in [-0.2, 0) is 0 Å². The molecule has 0 aliphatic heterocycles. The number of carbonyl (C=O) groups excluding carboxylic acids is 1. The Morgan fingerprint density at radius 1 is 1.20 bits per heavy atom. The molecule has 0 heterocycles. The maximum atomic E-state index is 12.2. The Morgan fingerprint density at radius 3 is 2.65 bits per heavy atom. The van der Waals surface area contributed by atoms with Gasteiger partial charge in [-0.1, -0.05) is 46.5 Å². The molecule has 0 bridgehead atoms. The molecule has 100 valence electrons. The first-order valence-corrected chi connectivity index (χ1v) is 6.28. The van der Waals surface area contributed by atoms with Crippen LogP contribution in [0.25, 0.3) is 10.4 Å². The van der Waals surface area contributed by atoms with E-state index in [1.807, 2.05) is 0 Å². The van der Waals surface area contributed by atoms with Crippen LogP contribution in [0.1, 0.15) is 10.4 Å². The van der Waals surface area contributed by atoms with Gasteiger partial charge in [0.2, 0.25) is 0 Å². The first-order valence-electron chi connectivity index (χ1n) is 5.52. The fourth-order valence-corrected chi connectivity index (χ4v) is 2.04. The van der Waals surface area contributed by atoms with Crippen molar-refractivity contribution in [3.63, 3.8) is 0 Å². The summed E-state index contributed by atoms with van der Waals surface area (Å²) in [6.45, 7) is 0. The van der Waals surface area contributed by atoms with Crippen molar-refractivity contribution < 1.29 is 4.79 Å². The number of hydrogen-bond acceptors (Lipinski definition) is 2. The molecule has 0 aliphatic carbocycles. The smallest absolute Gasteiger partial charge is 0.256 e. The van der Waals surface area contributed by atoms with Crippen molar-refractivity contribution in [3.8, 4) is 0 Å². The summed E-state index contributed by atoms with van der Waals surface area (Å²) in [5.41, 5.74) is 9.42. The van der Waals surface area contributed by atoms with E-state index in [-0.39, 0.29) is 11.3 Å². The number of hydrogen-bond donors (Lipinski definition) is 1. The van der Waals surface area contributed by atoms with Crippen molar-refractivity contribution in [2.75, 3.05) is 5.32 Å². The molecule has 1 N–H and O–H groups in total. The number of nitrogens with one attached hydrogen (secondary N) is 1. The average molecular weight is 307 g/mol. The predicted octanol–water partition coefficient (Wildman–Crippen LogP) is 5.19. The van der Waals surface area contributed by atoms with E-state index in [1.165, 1.54) is 6.07 Å². The molecule has 1 amide bonds. The van der Waals surface area contributed by atoms with Crippen molar-refractivity contribution >= 4 is 40.5 Å². The van der Waals surface area contributed by atoms with Crippen LogP contribution >= 0.6 is 23.2 Å². The Hall–Kier alpha value is -2.20. The third-order valence-electron chi connectivity index (χ3n) is 2.48. The van der Waals surface area contributed by atoms with E-state index in [2.05, 4.69) is 15.3 Å². The minimum Gasteiger partial charge on any atom is -0.321 e. The highest BCUT2D eigenvalue weighted by Gasteiger charge is 2.11. The quantitative estimate of drug-likeness (QED) is 0.473. The van der Waals surface area contributed by atoms with Gasteiger partial charge in [-0.3, -0.25) is 4.79 Å². The molecule has 7 heteroatoms. The van der Waals surface area contributed by atoms with Gasteiger partial charge >= 0.3 is 0 Å². The molecule has 0 aliphatic rings. The minimum atomic E-state index is -0.419. The highest BCUT2D eigenvalue weighted by molar-refractivity contribution is 6.36. The summed E-state index contributed by atoms with van der Waals surface area (Å²) in [6, 6.07) is 11.2. The first-order chi connectivity index (χ1) is 9.61. The van der Waals surface area contributed by atoms with Crippen molar-refractivity contribution in [3.05, 3.63) is 68.5 Å². The summed E-state index contributed by atoms with van der Waals surface area (Å²) >= 11 is 11.8. The summed E-state index contributed by atoms with van der Waals surface area (Å²) in [5.74, 6) is -0.419. The minimum absolute atomic E-state index is 0.248. The molecule has 0 atom stereocenters. The largest absolute Gasteiger partial charge is 0.321 e. The van der Waals surface area contributed by atoms with Gasteiger partial charge in [-0.15, -0.1) is 0 Å². The Morgan fingerprint density at radius 2 is 1.95 bits per heavy atom. The molecule has 0 saturated carbocycles. The molecule has 2 rings (SSSR count). The van der Waals surface area contributed by atoms with Gasteiger partial charge in [0.05, 0.1) is 16.4 Å². The molecular weight excluding hydrogens is 299 g/mol. The van der Waals surface area contributed by atoms with Gasteiger partial charge in [-0.05, 0) is 29.8 Å². The van der Waals surface area contributed by atoms with Gasteiger partial charge in [0.15, 0.2) is 0 Å². The second kappa shape index (κ2) is 6.30. The van der Waals surface area contributed by atoms with Crippen LogP contribution in [0.3, 0.4) is 0 Å². The second-order valence-electron chi connectivity index (χ2n) is 3.78. The summed E-state index contributed by atoms with van der Waals surface area (Å²) in [5, 5.41) is 6.91. The number of nitrogens with zero attached hydrogens (tertiary/aromatic N) is 3. The predicted molar refractivity (Wildman–Crippen MR) is 79.7 cm³/mol. The normalized spacial score (nSPS) is 9.70. The molecule has 0 fully saturated rings. The number of carbonyl (C=O) groups is 1. The molecule has 0 radical (unpaired) electrons. The number of halogens is 2. The van der Waals surface area contributed by atoms with E-state index in [4.69, 9.17) is 28.7 Å². The molecule has 20 heavy (non-hydrogen) atoms. The van der Waals surface area contributed by atoms with Crippen LogP contribution < -0.4 is 5.32 Å². The van der Waals surface area contributed by atoms with Crippen molar-refractivity contribution in [2.45, 2.75) is 0 Å². The van der Waals surface area contributed by atoms with Gasteiger partial charge in [0, 0.05) is 15.5 Å². The van der Waals surface area contributed by atoms with E-state index in [9.17, 15) is 4.79 Å². The zero-order valence-corrected chi connectivity index (χ0v) is 11.6. The summed E-state index contributed by atoms with van der Waals surface area (Å²) in [4.78, 5) is 14.8. The number of benzene rings is 2. The topological polar surface area (TPSA) is 77.9 Å². The van der Waals surface area contributed by atoms with Gasteiger partial charge in [-0.2, -0.15) is 0 Å². The first kappa shape index (κ1) is 14.2. The van der Waals surface area contributed by atoms with Gasteiger partial charge in [0.1, 0.15) is 0 Å². The van der Waals surface area contributed by atoms with Crippen LogP contribution in [0.2, 0.25) is 10.0 Å². The van der Waals surface area contributed by atoms with Crippen LogP contribution in [0.15, 0.2) is 47.6 Å². The lowest BCUT2D eigenvalue weighted by atomic mass is 10.1. The average Bonchev–Trinajstić information content (AvgIpc) is 2.43. The lowest BCUT2D eigenvalue weighted by Gasteiger charge is -2.09. The fourth-order valence-electron chi connectivity index (χ4n) is 1.58. The molecule has 2 aromatic rings. The Bertz CT molecular complexity index is 711. The molecule has 0 aromatic heterocycles. The molecule has 0 spiro atoms. The number of anilines is 1. The molecule has 0 saturated heterocycles. The van der Waals surface area contributed by atoms with E-state index >= 15 is 0 Å². The maximum absolute atomic E-state index is 12.2. The zero-order valence-electron chi connectivity index (χ0n) is 10.0. The van der Waals surface area contributed by atoms with Crippen LogP contribution in [0, 0.1) is 0 Å². The van der Waals surface area contributed by atoms with E-state index in [1.54, 1.807) is 36.4 Å². The fraction of sp³-hybridized carbons (Fsp3) is 0. The van der Waals surface area contributed by atoms with E-state index in [0.717, 1.165) is 0 Å². The highest BCUT2D eigenvalue weighted by atomic mass is 35.5. The number of azide groups is 1. The number of amides is 1. The summed E-state index contributed by atoms with van der Waals surface area (Å²) < 4.78 is 0. The van der Waals surface area contributed by atoms with Crippen molar-refractivity contribution in [1.29, 1.82) is 0 Å². The maximum Gasteiger partial charge on any atom is 0.256 e. The van der Waals surface area contributed by atoms with Crippen molar-refractivity contribution in [1.82, 2.24) is 0 Å². The standard InChI is InChI=1S/C13H8Cl2N4O/c14-8-5-6-12(10(15)7-8)17-13(20)9-3-1-2-4-11(9)18-19-16/h1-7H,(H,17,20). The SMILES string of the molecule is [N-]=[N+]=Nc1ccccc1C(=O)Nc1ccc(Cl)cc1Cl. The Balaban J connectivity index is 2.31. The Kier molecular flexibility index (Phi) is 4.48. The summed E-state index contributed by atoms with van der Waals surface area (Å²) in [6.07, 6.45) is 0. The zero-order chi connectivity index (χ0) is 14.5. The monoisotopic (exact) mass is 306 g/mol. The number of rotatable bonds is 3. The third-order valence-corrected chi connectivity index (χ3v) is 3.03. The lowest BCUT2D eigenvalue weighted by Crippen LogP contribution is -2.12. The molecule has 0 unspecified atom stereocenters. The van der Waals surface area contributed by atoms with Gasteiger partial charge < -0.3 is 5.32 Å². The van der Waals surface area contributed by atoms with E-state index < -0.39 is 5.91 Å². The summed E-state index contributed by atoms with van der Waals surface area (Å²) in [7, 11) is 0. The second-order valence-corrected chi connectivity index (χ2v) is 4.63. The molecule has 5 nitrogen and oxygen atoms in total. The van der Waals surface area contributed by atoms with Gasteiger partial charge in [-0.25, -0.2) is 0 Å². The van der Waals surface area contributed by atoms with E-state index in [0.29, 0.717) is 15.7 Å². The Labute approximate surface area is 124 Å². The molecule has 2 aromatic carbocycles. The lowest BCUT2D eigenvalue weighted by molar-refractivity contribution is 0.102. The molecular formula is C13H8Cl2N4O. The van der Waals surface area contributed by atoms with Gasteiger partial charge in [0.25, 0.3) is 5.91 Å². The van der Waals surface area contributed by atoms with Crippen molar-refractivity contribution in [2.24, 2.45) is 5.11 Å². The van der Waals surface area contributed by atoms with Crippen LogP contribution in [0.4, 0.5) is 11.4 Å². The highest BCUT2D eigenvalue weighted by Crippen LogP contribution is 2.27. The van der Waals surface area contributed by atoms with Crippen LogP contribution in [0.5, 0.6) is 0 Å².